The van der Waals surface area contributed by atoms with Gasteiger partial charge in [-0.15, -0.1) is 24.9 Å². The number of aliphatic hydroxyl groups excluding tert-OH is 1. The predicted octanol–water partition coefficient (Wildman–Crippen LogP) is 4.09. The van der Waals surface area contributed by atoms with Crippen LogP contribution in [0.25, 0.3) is 0 Å². The Hall–Kier alpha value is -2.29. The Morgan fingerprint density at radius 2 is 2.03 bits per heavy atom. The maximum absolute atomic E-state index is 14.4. The number of aliphatic hydroxyl groups is 1. The monoisotopic (exact) mass is 546 g/mol. The molecule has 7 atom stereocenters. The van der Waals surface area contributed by atoms with Crippen LogP contribution in [0, 0.1) is 17.8 Å². The molecule has 37 heavy (non-hydrogen) atoms. The topological polar surface area (TPSA) is 87.2 Å². The lowest BCUT2D eigenvalue weighted by atomic mass is 9.66. The fourth-order valence-electron chi connectivity index (χ4n) is 6.29. The van der Waals surface area contributed by atoms with Gasteiger partial charge in [-0.05, 0) is 56.4 Å². The van der Waals surface area contributed by atoms with Crippen LogP contribution in [0.2, 0.25) is 5.02 Å². The van der Waals surface area contributed by atoms with E-state index in [2.05, 4.69) is 20.1 Å². The molecule has 2 bridgehead atoms. The van der Waals surface area contributed by atoms with Gasteiger partial charge in [0.1, 0.15) is 6.04 Å². The Bertz CT molecular complexity index is 1070. The van der Waals surface area contributed by atoms with E-state index in [0.29, 0.717) is 23.6 Å². The summed E-state index contributed by atoms with van der Waals surface area (Å²) in [5.41, 5.74) is 0.640. The molecule has 3 unspecified atom stereocenters. The summed E-state index contributed by atoms with van der Waals surface area (Å²) in [6, 6.07) is 5.53. The molecule has 4 rings (SSSR count). The SMILES string of the molecule is C=CCCCOC(=O)[C@@H]1[C@@H]2CC(C)C3(S2)C(C(=O)N(CC=C)c2ccc(Cl)cc2)N([C@H](C)CO)C(=O)[C@H]13. The summed E-state index contributed by atoms with van der Waals surface area (Å²) >= 11 is 7.68. The second-order valence-electron chi connectivity index (χ2n) is 10.1. The number of ether oxygens (including phenoxy) is 1. The van der Waals surface area contributed by atoms with E-state index in [0.717, 1.165) is 6.42 Å². The van der Waals surface area contributed by atoms with Crippen molar-refractivity contribution in [1.82, 2.24) is 4.90 Å². The first-order valence-electron chi connectivity index (χ1n) is 12.8. The summed E-state index contributed by atoms with van der Waals surface area (Å²) in [6.07, 6.45) is 5.55. The van der Waals surface area contributed by atoms with Crippen LogP contribution >= 0.6 is 23.4 Å². The molecule has 200 valence electrons. The number of carbonyl (C=O) groups is 3. The number of amides is 2. The number of anilines is 1. The van der Waals surface area contributed by atoms with Gasteiger partial charge in [0.25, 0.3) is 5.91 Å². The number of rotatable bonds is 11. The van der Waals surface area contributed by atoms with E-state index < -0.39 is 28.7 Å². The average Bonchev–Trinajstić information content (AvgIpc) is 3.48. The third-order valence-electron chi connectivity index (χ3n) is 7.94. The second-order valence-corrected chi connectivity index (χ2v) is 12.1. The molecule has 3 aliphatic heterocycles. The molecular formula is C28H35ClN2O5S. The van der Waals surface area contributed by atoms with Crippen LogP contribution in [-0.2, 0) is 19.1 Å². The molecule has 0 saturated carbocycles. The van der Waals surface area contributed by atoms with Crippen molar-refractivity contribution >= 4 is 46.8 Å². The number of allylic oxidation sites excluding steroid dienone is 1. The van der Waals surface area contributed by atoms with E-state index in [9.17, 15) is 19.5 Å². The van der Waals surface area contributed by atoms with Gasteiger partial charge in [0.2, 0.25) is 5.91 Å². The molecule has 3 aliphatic rings. The molecule has 1 N–H and O–H groups in total. The number of fused-ring (bicyclic) bond motifs is 1. The zero-order valence-electron chi connectivity index (χ0n) is 21.3. The number of carbonyl (C=O) groups excluding carboxylic acids is 3. The van der Waals surface area contributed by atoms with Crippen LogP contribution in [-0.4, -0.2) is 69.6 Å². The molecule has 0 radical (unpaired) electrons. The van der Waals surface area contributed by atoms with Crippen molar-refractivity contribution in [1.29, 1.82) is 0 Å². The van der Waals surface area contributed by atoms with Gasteiger partial charge in [0.15, 0.2) is 0 Å². The van der Waals surface area contributed by atoms with Gasteiger partial charge in [0.05, 0.1) is 35.8 Å². The van der Waals surface area contributed by atoms with E-state index in [1.807, 2.05) is 0 Å². The Morgan fingerprint density at radius 3 is 2.65 bits per heavy atom. The number of thioether (sulfide) groups is 1. The van der Waals surface area contributed by atoms with Gasteiger partial charge >= 0.3 is 5.97 Å². The number of halogens is 1. The Kier molecular flexibility index (Phi) is 8.41. The molecule has 1 spiro atoms. The van der Waals surface area contributed by atoms with Gasteiger partial charge in [0, 0.05) is 22.5 Å². The van der Waals surface area contributed by atoms with E-state index in [1.54, 1.807) is 60.0 Å². The normalized spacial score (nSPS) is 30.6. The highest BCUT2D eigenvalue weighted by atomic mass is 35.5. The molecule has 3 saturated heterocycles. The highest BCUT2D eigenvalue weighted by Gasteiger charge is 2.77. The summed E-state index contributed by atoms with van der Waals surface area (Å²) in [5.74, 6) is -2.17. The molecule has 1 aromatic rings. The van der Waals surface area contributed by atoms with Crippen LogP contribution in [0.5, 0.6) is 0 Å². The molecule has 9 heteroatoms. The van der Waals surface area contributed by atoms with Crippen molar-refractivity contribution in [2.24, 2.45) is 17.8 Å². The highest BCUT2D eigenvalue weighted by Crippen LogP contribution is 2.69. The molecule has 1 aromatic carbocycles. The first-order chi connectivity index (χ1) is 17.7. The van der Waals surface area contributed by atoms with Crippen LogP contribution in [0.3, 0.4) is 0 Å². The van der Waals surface area contributed by atoms with E-state index >= 15 is 0 Å². The minimum absolute atomic E-state index is 0.0157. The summed E-state index contributed by atoms with van der Waals surface area (Å²) in [4.78, 5) is 44.9. The maximum Gasteiger partial charge on any atom is 0.310 e. The molecule has 2 amide bonds. The quantitative estimate of drug-likeness (QED) is 0.256. The van der Waals surface area contributed by atoms with Crippen molar-refractivity contribution in [2.75, 3.05) is 24.7 Å². The lowest BCUT2D eigenvalue weighted by Crippen LogP contribution is -2.59. The first-order valence-corrected chi connectivity index (χ1v) is 14.0. The van der Waals surface area contributed by atoms with Crippen molar-refractivity contribution in [3.63, 3.8) is 0 Å². The van der Waals surface area contributed by atoms with Crippen LogP contribution in [0.4, 0.5) is 5.69 Å². The van der Waals surface area contributed by atoms with Gasteiger partial charge < -0.3 is 19.6 Å². The number of benzene rings is 1. The predicted molar refractivity (Wildman–Crippen MR) is 146 cm³/mol. The maximum atomic E-state index is 14.4. The Morgan fingerprint density at radius 1 is 1.32 bits per heavy atom. The Labute approximate surface area is 227 Å². The average molecular weight is 547 g/mol. The second kappa shape index (κ2) is 11.2. The zero-order chi connectivity index (χ0) is 26.9. The number of likely N-dealkylation sites (tertiary alicyclic amines) is 1. The molecule has 3 fully saturated rings. The van der Waals surface area contributed by atoms with Crippen molar-refractivity contribution in [2.45, 2.75) is 55.2 Å². The van der Waals surface area contributed by atoms with Gasteiger partial charge in [-0.1, -0.05) is 30.7 Å². The number of unbranched alkanes of at least 4 members (excludes halogenated alkanes) is 1. The lowest BCUT2D eigenvalue weighted by Gasteiger charge is -2.41. The van der Waals surface area contributed by atoms with E-state index in [-0.39, 0.29) is 48.7 Å². The summed E-state index contributed by atoms with van der Waals surface area (Å²) in [5, 5.41) is 10.5. The number of hydrogen-bond acceptors (Lipinski definition) is 6. The Balaban J connectivity index is 1.74. The van der Waals surface area contributed by atoms with Crippen LogP contribution in [0.15, 0.2) is 49.6 Å². The standard InChI is InChI=1S/C28H35ClN2O5S/c1-5-7-8-14-36-27(35)22-21-15-17(3)28(37-21)23(22)25(33)31(18(4)16-32)24(28)26(34)30(13-6-2)20-11-9-19(29)10-12-20/h5-6,9-12,17-18,21-24,32H,1-2,7-8,13-16H2,3-4H3/t17?,18-,21+,22-,23+,24?,28?/m1/s1. The minimum Gasteiger partial charge on any atom is -0.465 e. The fraction of sp³-hybridized carbons (Fsp3) is 0.536. The largest absolute Gasteiger partial charge is 0.465 e. The minimum atomic E-state index is -0.841. The van der Waals surface area contributed by atoms with E-state index in [1.165, 1.54) is 4.90 Å². The van der Waals surface area contributed by atoms with Gasteiger partial charge in [-0.2, -0.15) is 0 Å². The summed E-state index contributed by atoms with van der Waals surface area (Å²) in [7, 11) is 0. The lowest BCUT2D eigenvalue weighted by molar-refractivity contribution is -0.155. The summed E-state index contributed by atoms with van der Waals surface area (Å²) in [6.45, 7) is 11.5. The smallest absolute Gasteiger partial charge is 0.310 e. The van der Waals surface area contributed by atoms with Gasteiger partial charge in [-0.25, -0.2) is 0 Å². The van der Waals surface area contributed by atoms with Crippen LogP contribution < -0.4 is 4.90 Å². The molecular weight excluding hydrogens is 512 g/mol. The van der Waals surface area contributed by atoms with Crippen molar-refractivity contribution < 1.29 is 24.2 Å². The number of nitrogens with zero attached hydrogens (tertiary/aromatic N) is 2. The number of hydrogen-bond donors (Lipinski definition) is 1. The zero-order valence-corrected chi connectivity index (χ0v) is 22.9. The third-order valence-corrected chi connectivity index (χ3v) is 10.3. The van der Waals surface area contributed by atoms with E-state index in [4.69, 9.17) is 16.3 Å². The van der Waals surface area contributed by atoms with Crippen LogP contribution in [0.1, 0.15) is 33.1 Å². The van der Waals surface area contributed by atoms with Crippen molar-refractivity contribution in [3.05, 3.63) is 54.6 Å². The van der Waals surface area contributed by atoms with Gasteiger partial charge in [-0.3, -0.25) is 14.4 Å². The first kappa shape index (κ1) is 27.7. The highest BCUT2D eigenvalue weighted by molar-refractivity contribution is 8.02. The molecule has 0 aliphatic carbocycles. The molecule has 0 aromatic heterocycles. The summed E-state index contributed by atoms with van der Waals surface area (Å²) < 4.78 is 4.82. The number of esters is 1. The third kappa shape index (κ3) is 4.61. The fourth-order valence-corrected chi connectivity index (χ4v) is 8.80. The molecule has 7 nitrogen and oxygen atoms in total. The van der Waals surface area contributed by atoms with Crippen molar-refractivity contribution in [3.8, 4) is 0 Å². The molecule has 3 heterocycles.